The summed E-state index contributed by atoms with van der Waals surface area (Å²) in [5.74, 6) is 0. The van der Waals surface area contributed by atoms with Crippen LogP contribution in [0, 0.1) is 6.92 Å². The number of aryl methyl sites for hydroxylation is 1. The summed E-state index contributed by atoms with van der Waals surface area (Å²) in [4.78, 5) is 5.05. The van der Waals surface area contributed by atoms with Gasteiger partial charge >= 0.3 is 0 Å². The maximum Gasteiger partial charge on any atom is 0.297 e. The van der Waals surface area contributed by atoms with Crippen molar-refractivity contribution in [1.29, 1.82) is 0 Å². The number of rotatable bonds is 14. The van der Waals surface area contributed by atoms with E-state index < -0.39 is 10.1 Å². The molecule has 1 fully saturated rings. The molecule has 1 aromatic carbocycles. The van der Waals surface area contributed by atoms with Gasteiger partial charge in [0.05, 0.1) is 44.6 Å². The van der Waals surface area contributed by atoms with Gasteiger partial charge < -0.3 is 9.47 Å². The lowest BCUT2D eigenvalue weighted by molar-refractivity contribution is 0.0304. The molecule has 0 spiro atoms. The zero-order valence-corrected chi connectivity index (χ0v) is 18.0. The molecule has 1 heterocycles. The molecule has 0 unspecified atom stereocenters. The molecule has 0 atom stereocenters. The molecule has 2 rings (SSSR count). The van der Waals surface area contributed by atoms with E-state index in [-0.39, 0.29) is 18.1 Å². The first-order chi connectivity index (χ1) is 13.5. The lowest BCUT2D eigenvalue weighted by atomic mass is 10.2. The second-order valence-corrected chi connectivity index (χ2v) is 8.66. The van der Waals surface area contributed by atoms with Crippen molar-refractivity contribution in [3.8, 4) is 0 Å². The van der Waals surface area contributed by atoms with Crippen molar-refractivity contribution in [3.63, 3.8) is 0 Å². The number of ether oxygens (including phenoxy) is 2. The third kappa shape index (κ3) is 8.55. The van der Waals surface area contributed by atoms with Crippen molar-refractivity contribution in [2.45, 2.75) is 31.6 Å². The van der Waals surface area contributed by atoms with Gasteiger partial charge in [-0.15, -0.1) is 0 Å². The molecule has 0 saturated carbocycles. The molecular weight excluding hydrogens is 380 g/mol. The van der Waals surface area contributed by atoms with Gasteiger partial charge in [0.15, 0.2) is 0 Å². The lowest BCUT2D eigenvalue weighted by Crippen LogP contribution is -2.29. The fourth-order valence-electron chi connectivity index (χ4n) is 2.95. The first kappa shape index (κ1) is 23.3. The number of hydrogen-bond donors (Lipinski definition) is 0. The number of hydrogen-bond acceptors (Lipinski definition) is 7. The van der Waals surface area contributed by atoms with Gasteiger partial charge in [0.2, 0.25) is 0 Å². The van der Waals surface area contributed by atoms with Crippen molar-refractivity contribution in [2.75, 3.05) is 65.9 Å². The molecule has 1 aromatic rings. The minimum Gasteiger partial charge on any atom is -0.378 e. The molecule has 1 saturated heterocycles. The van der Waals surface area contributed by atoms with Crippen LogP contribution >= 0.6 is 0 Å². The molecule has 7 nitrogen and oxygen atoms in total. The largest absolute Gasteiger partial charge is 0.378 e. The predicted molar refractivity (Wildman–Crippen MR) is 109 cm³/mol. The standard InChI is InChI=1S/C20H34N2O5S/c1-3-4-9-21-10-11-22(18-21)12-13-25-14-15-26-16-17-27-28(23,24)20-7-5-19(2)6-8-20/h5-8H,3-4,9-18H2,1-2H3. The molecule has 28 heavy (non-hydrogen) atoms. The molecule has 0 aromatic heterocycles. The van der Waals surface area contributed by atoms with E-state index in [4.69, 9.17) is 13.7 Å². The Hall–Kier alpha value is -1.03. The molecule has 0 aliphatic carbocycles. The van der Waals surface area contributed by atoms with Crippen LogP contribution in [0.2, 0.25) is 0 Å². The highest BCUT2D eigenvalue weighted by molar-refractivity contribution is 7.86. The van der Waals surface area contributed by atoms with Crippen molar-refractivity contribution in [2.24, 2.45) is 0 Å². The van der Waals surface area contributed by atoms with Gasteiger partial charge in [-0.05, 0) is 32.0 Å². The quantitative estimate of drug-likeness (QED) is 0.341. The molecule has 0 amide bonds. The summed E-state index contributed by atoms with van der Waals surface area (Å²) in [6.07, 6.45) is 2.50. The van der Waals surface area contributed by atoms with E-state index in [9.17, 15) is 8.42 Å². The van der Waals surface area contributed by atoms with Crippen LogP contribution in [0.1, 0.15) is 25.3 Å². The molecule has 0 N–H and O–H groups in total. The number of unbranched alkanes of at least 4 members (excludes halogenated alkanes) is 1. The zero-order chi connectivity index (χ0) is 20.2. The van der Waals surface area contributed by atoms with E-state index in [0.717, 1.165) is 31.9 Å². The monoisotopic (exact) mass is 414 g/mol. The summed E-state index contributed by atoms with van der Waals surface area (Å²) in [7, 11) is -3.72. The Kier molecular flexibility index (Phi) is 10.4. The van der Waals surface area contributed by atoms with E-state index in [1.807, 2.05) is 6.92 Å². The molecule has 0 bridgehead atoms. The highest BCUT2D eigenvalue weighted by Gasteiger charge is 2.18. The SMILES string of the molecule is CCCCN1CCN(CCOCCOCCOS(=O)(=O)c2ccc(C)cc2)C1. The van der Waals surface area contributed by atoms with Crippen molar-refractivity contribution in [3.05, 3.63) is 29.8 Å². The van der Waals surface area contributed by atoms with Gasteiger partial charge in [-0.3, -0.25) is 14.0 Å². The molecule has 1 aliphatic rings. The zero-order valence-electron chi connectivity index (χ0n) is 17.1. The summed E-state index contributed by atoms with van der Waals surface area (Å²) < 4.78 is 40.0. The van der Waals surface area contributed by atoms with Gasteiger partial charge in [-0.25, -0.2) is 0 Å². The summed E-state index contributed by atoms with van der Waals surface area (Å²) in [5, 5.41) is 0. The van der Waals surface area contributed by atoms with Crippen molar-refractivity contribution >= 4 is 10.1 Å². The molecule has 0 radical (unpaired) electrons. The molecule has 8 heteroatoms. The Morgan fingerprint density at radius 2 is 1.50 bits per heavy atom. The highest BCUT2D eigenvalue weighted by Crippen LogP contribution is 2.13. The topological polar surface area (TPSA) is 68.3 Å². The van der Waals surface area contributed by atoms with Gasteiger partial charge in [0.25, 0.3) is 10.1 Å². The van der Waals surface area contributed by atoms with Crippen molar-refractivity contribution < 1.29 is 22.1 Å². The van der Waals surface area contributed by atoms with E-state index in [1.165, 1.54) is 19.4 Å². The Bertz CT molecular complexity index is 651. The first-order valence-corrected chi connectivity index (χ1v) is 11.5. The fourth-order valence-corrected chi connectivity index (χ4v) is 3.84. The smallest absolute Gasteiger partial charge is 0.297 e. The van der Waals surface area contributed by atoms with E-state index in [1.54, 1.807) is 24.3 Å². The molecular formula is C20H34N2O5S. The Labute approximate surface area is 169 Å². The maximum atomic E-state index is 12.0. The molecule has 1 aliphatic heterocycles. The Morgan fingerprint density at radius 1 is 0.893 bits per heavy atom. The summed E-state index contributed by atoms with van der Waals surface area (Å²) >= 11 is 0. The molecule has 160 valence electrons. The summed E-state index contributed by atoms with van der Waals surface area (Å²) in [6, 6.07) is 6.58. The average molecular weight is 415 g/mol. The van der Waals surface area contributed by atoms with Gasteiger partial charge in [0.1, 0.15) is 0 Å². The van der Waals surface area contributed by atoms with Crippen LogP contribution in [0.15, 0.2) is 29.2 Å². The highest BCUT2D eigenvalue weighted by atomic mass is 32.2. The van der Waals surface area contributed by atoms with Gasteiger partial charge in [-0.1, -0.05) is 31.0 Å². The van der Waals surface area contributed by atoms with E-state index >= 15 is 0 Å². The number of nitrogens with zero attached hydrogens (tertiary/aromatic N) is 2. The summed E-state index contributed by atoms with van der Waals surface area (Å²) in [5.41, 5.74) is 1.00. The normalized spacial score (nSPS) is 16.1. The van der Waals surface area contributed by atoms with Crippen LogP contribution in [0.3, 0.4) is 0 Å². The van der Waals surface area contributed by atoms with Crippen LogP contribution in [-0.2, 0) is 23.8 Å². The minimum atomic E-state index is -3.72. The fraction of sp³-hybridized carbons (Fsp3) is 0.700. The van der Waals surface area contributed by atoms with Crippen LogP contribution in [0.5, 0.6) is 0 Å². The Morgan fingerprint density at radius 3 is 2.18 bits per heavy atom. The van der Waals surface area contributed by atoms with Crippen molar-refractivity contribution in [1.82, 2.24) is 9.80 Å². The van der Waals surface area contributed by atoms with Crippen LogP contribution in [0.25, 0.3) is 0 Å². The second-order valence-electron chi connectivity index (χ2n) is 7.04. The third-order valence-electron chi connectivity index (χ3n) is 4.66. The number of benzene rings is 1. The third-order valence-corrected chi connectivity index (χ3v) is 5.99. The van der Waals surface area contributed by atoms with Crippen LogP contribution in [0.4, 0.5) is 0 Å². The van der Waals surface area contributed by atoms with Crippen LogP contribution in [-0.4, -0.2) is 84.1 Å². The summed E-state index contributed by atoms with van der Waals surface area (Å²) in [6.45, 7) is 11.4. The maximum absolute atomic E-state index is 12.0. The first-order valence-electron chi connectivity index (χ1n) is 10.1. The van der Waals surface area contributed by atoms with E-state index in [0.29, 0.717) is 19.8 Å². The predicted octanol–water partition coefficient (Wildman–Crippen LogP) is 2.11. The van der Waals surface area contributed by atoms with Crippen LogP contribution < -0.4 is 0 Å². The second kappa shape index (κ2) is 12.5. The van der Waals surface area contributed by atoms with Gasteiger partial charge in [-0.2, -0.15) is 8.42 Å². The van der Waals surface area contributed by atoms with Gasteiger partial charge in [0, 0.05) is 19.6 Å². The average Bonchev–Trinajstić information content (AvgIpc) is 3.13. The Balaban J connectivity index is 1.45. The lowest BCUT2D eigenvalue weighted by Gasteiger charge is -2.17. The minimum absolute atomic E-state index is 0.00240. The van der Waals surface area contributed by atoms with E-state index in [2.05, 4.69) is 16.7 Å².